The summed E-state index contributed by atoms with van der Waals surface area (Å²) in [5, 5.41) is 3.56. The van der Waals surface area contributed by atoms with Crippen LogP contribution in [-0.4, -0.2) is 5.71 Å². The Morgan fingerprint density at radius 3 is 2.07 bits per heavy atom. The minimum Gasteiger partial charge on any atom is -0.402 e. The van der Waals surface area contributed by atoms with E-state index in [4.69, 9.17) is 11.6 Å². The zero-order chi connectivity index (χ0) is 11.6. The van der Waals surface area contributed by atoms with Gasteiger partial charge in [-0.25, -0.2) is 0 Å². The second kappa shape index (κ2) is 9.58. The van der Waals surface area contributed by atoms with Crippen molar-refractivity contribution < 1.29 is 0 Å². The van der Waals surface area contributed by atoms with E-state index >= 15 is 0 Å². The van der Waals surface area contributed by atoms with Crippen molar-refractivity contribution >= 4 is 5.71 Å². The van der Waals surface area contributed by atoms with Crippen molar-refractivity contribution in [2.45, 2.75) is 27.7 Å². The van der Waals surface area contributed by atoms with Crippen LogP contribution in [0, 0.1) is 0 Å². The topological polar surface area (TPSA) is 64.4 Å². The summed E-state index contributed by atoms with van der Waals surface area (Å²) in [5.41, 5.74) is 7.72. The average molecular weight is 195 g/mol. The van der Waals surface area contributed by atoms with Crippen molar-refractivity contribution in [1.29, 1.82) is 0 Å². The zero-order valence-electron chi connectivity index (χ0n) is 9.54. The van der Waals surface area contributed by atoms with E-state index in [0.29, 0.717) is 11.4 Å². The van der Waals surface area contributed by atoms with Crippen molar-refractivity contribution in [3.8, 4) is 0 Å². The molecule has 0 aromatic carbocycles. The number of allylic oxidation sites excluding steroid dienone is 5. The predicted octanol–water partition coefficient (Wildman–Crippen LogP) is 2.32. The van der Waals surface area contributed by atoms with Gasteiger partial charge in [-0.05, 0) is 19.9 Å². The van der Waals surface area contributed by atoms with Gasteiger partial charge >= 0.3 is 0 Å². The lowest BCUT2D eigenvalue weighted by atomic mass is 10.1. The highest BCUT2D eigenvalue weighted by atomic mass is 15.1. The largest absolute Gasteiger partial charge is 0.402 e. The highest BCUT2D eigenvalue weighted by molar-refractivity contribution is 6.10. The van der Waals surface area contributed by atoms with Crippen molar-refractivity contribution in [1.82, 2.24) is 0 Å². The minimum absolute atomic E-state index is 0.605. The fourth-order valence-electron chi connectivity index (χ4n) is 0.818. The van der Waals surface area contributed by atoms with Crippen LogP contribution in [0.1, 0.15) is 27.7 Å². The molecule has 0 aromatic heterocycles. The van der Waals surface area contributed by atoms with Crippen molar-refractivity contribution in [3.63, 3.8) is 0 Å². The first-order valence-electron chi connectivity index (χ1n) is 4.67. The lowest BCUT2D eigenvalue weighted by molar-refractivity contribution is 1.23. The zero-order valence-corrected chi connectivity index (χ0v) is 9.54. The van der Waals surface area contributed by atoms with Gasteiger partial charge in [0.15, 0.2) is 0 Å². The maximum atomic E-state index is 5.62. The summed E-state index contributed by atoms with van der Waals surface area (Å²) in [7, 11) is 0. The first kappa shape index (κ1) is 15.0. The average Bonchev–Trinajstić information content (AvgIpc) is 2.21. The van der Waals surface area contributed by atoms with E-state index in [1.54, 1.807) is 13.0 Å². The molecule has 14 heavy (non-hydrogen) atoms. The summed E-state index contributed by atoms with van der Waals surface area (Å²) in [4.78, 5) is 0. The van der Waals surface area contributed by atoms with Gasteiger partial charge < -0.3 is 11.6 Å². The fraction of sp³-hybridized carbons (Fsp3) is 0.364. The van der Waals surface area contributed by atoms with Gasteiger partial charge in [0.05, 0.1) is 5.71 Å². The molecule has 80 valence electrons. The third-order valence-corrected chi connectivity index (χ3v) is 1.37. The van der Waals surface area contributed by atoms with Crippen LogP contribution in [0.15, 0.2) is 41.2 Å². The van der Waals surface area contributed by atoms with Gasteiger partial charge in [-0.2, -0.15) is 5.10 Å². The molecule has 0 radical (unpaired) electrons. The van der Waals surface area contributed by atoms with E-state index in [9.17, 15) is 0 Å². The fourth-order valence-corrected chi connectivity index (χ4v) is 0.818. The molecule has 0 spiro atoms. The molecule has 0 bridgehead atoms. The summed E-state index contributed by atoms with van der Waals surface area (Å²) in [5.74, 6) is 5.15. The second-order valence-electron chi connectivity index (χ2n) is 2.32. The van der Waals surface area contributed by atoms with Crippen LogP contribution in [0.5, 0.6) is 0 Å². The predicted molar refractivity (Wildman–Crippen MR) is 64.9 cm³/mol. The molecule has 0 saturated heterocycles. The maximum absolute atomic E-state index is 5.62. The molecule has 0 atom stereocenters. The highest BCUT2D eigenvalue weighted by Gasteiger charge is 2.00. The third kappa shape index (κ3) is 5.19. The summed E-state index contributed by atoms with van der Waals surface area (Å²) < 4.78 is 0. The standard InChI is InChI=1S/C9H15N3.C2H6/c1-4-6-8(7(3)10)9(5-2)12-11;1-2/h4-6H,2,10-11H2,1,3H3;1-2H3/b6-4-,8-7-,12-9-;. The number of rotatable bonds is 3. The summed E-state index contributed by atoms with van der Waals surface area (Å²) in [6.45, 7) is 11.3. The van der Waals surface area contributed by atoms with Crippen LogP contribution < -0.4 is 11.6 Å². The Morgan fingerprint density at radius 1 is 1.36 bits per heavy atom. The Hall–Kier alpha value is -1.51. The molecule has 0 rings (SSSR count). The maximum Gasteiger partial charge on any atom is 0.0910 e. The van der Waals surface area contributed by atoms with Crippen LogP contribution in [0.4, 0.5) is 0 Å². The van der Waals surface area contributed by atoms with Gasteiger partial charge in [0.1, 0.15) is 0 Å². The number of nitrogens with two attached hydrogens (primary N) is 2. The second-order valence-corrected chi connectivity index (χ2v) is 2.32. The van der Waals surface area contributed by atoms with Crippen LogP contribution in [0.2, 0.25) is 0 Å². The van der Waals surface area contributed by atoms with Crippen LogP contribution in [-0.2, 0) is 0 Å². The third-order valence-electron chi connectivity index (χ3n) is 1.37. The molecular weight excluding hydrogens is 174 g/mol. The highest BCUT2D eigenvalue weighted by Crippen LogP contribution is 2.04. The Bertz CT molecular complexity index is 243. The minimum atomic E-state index is 0.605. The smallest absolute Gasteiger partial charge is 0.0910 e. The number of nitrogens with zero attached hydrogens (tertiary/aromatic N) is 1. The van der Waals surface area contributed by atoms with E-state index in [1.807, 2.05) is 32.9 Å². The molecule has 0 aliphatic heterocycles. The number of hydrazone groups is 1. The lowest BCUT2D eigenvalue weighted by Crippen LogP contribution is -2.07. The van der Waals surface area contributed by atoms with E-state index in [2.05, 4.69) is 11.7 Å². The molecule has 4 N–H and O–H groups in total. The van der Waals surface area contributed by atoms with Crippen molar-refractivity contribution in [2.24, 2.45) is 16.7 Å². The van der Waals surface area contributed by atoms with Gasteiger partial charge in [0.25, 0.3) is 0 Å². The number of hydrogen-bond donors (Lipinski definition) is 2. The molecule has 0 heterocycles. The molecule has 0 unspecified atom stereocenters. The normalized spacial score (nSPS) is 13.0. The van der Waals surface area contributed by atoms with Crippen LogP contribution >= 0.6 is 0 Å². The summed E-state index contributed by atoms with van der Waals surface area (Å²) in [6.07, 6.45) is 5.30. The molecule has 3 heteroatoms. The molecule has 0 saturated carbocycles. The molecule has 0 fully saturated rings. The Balaban J connectivity index is 0. The van der Waals surface area contributed by atoms with Crippen LogP contribution in [0.25, 0.3) is 0 Å². The van der Waals surface area contributed by atoms with Crippen molar-refractivity contribution in [2.75, 3.05) is 0 Å². The Labute approximate surface area is 86.9 Å². The molecule has 0 aliphatic carbocycles. The Kier molecular flexibility index (Phi) is 10.3. The van der Waals surface area contributed by atoms with Crippen LogP contribution in [0.3, 0.4) is 0 Å². The van der Waals surface area contributed by atoms with E-state index < -0.39 is 0 Å². The number of hydrogen-bond acceptors (Lipinski definition) is 3. The van der Waals surface area contributed by atoms with E-state index in [-0.39, 0.29) is 0 Å². The van der Waals surface area contributed by atoms with Gasteiger partial charge in [-0.3, -0.25) is 0 Å². The molecular formula is C11H21N3. The first-order valence-corrected chi connectivity index (χ1v) is 4.67. The van der Waals surface area contributed by atoms with Gasteiger partial charge in [-0.15, -0.1) is 0 Å². The van der Waals surface area contributed by atoms with Gasteiger partial charge in [0, 0.05) is 11.3 Å². The SMILES string of the molecule is C=CC(=N/N)/C(/C=C\C)=C(/C)N.CC. The monoisotopic (exact) mass is 195 g/mol. The molecule has 0 aliphatic rings. The lowest BCUT2D eigenvalue weighted by Gasteiger charge is -2.02. The van der Waals surface area contributed by atoms with Crippen molar-refractivity contribution in [3.05, 3.63) is 36.1 Å². The molecule has 0 amide bonds. The summed E-state index contributed by atoms with van der Waals surface area (Å²) in [6, 6.07) is 0. The first-order chi connectivity index (χ1) is 6.67. The molecule has 0 aromatic rings. The quantitative estimate of drug-likeness (QED) is 0.314. The summed E-state index contributed by atoms with van der Waals surface area (Å²) >= 11 is 0. The van der Waals surface area contributed by atoms with Gasteiger partial charge in [0.2, 0.25) is 0 Å². The Morgan fingerprint density at radius 2 is 1.86 bits per heavy atom. The van der Waals surface area contributed by atoms with E-state index in [1.165, 1.54) is 0 Å². The van der Waals surface area contributed by atoms with Gasteiger partial charge in [-0.1, -0.05) is 32.6 Å². The van der Waals surface area contributed by atoms with E-state index in [0.717, 1.165) is 5.57 Å². The molecule has 3 nitrogen and oxygen atoms in total.